The maximum atomic E-state index is 12.6. The van der Waals surface area contributed by atoms with Crippen molar-refractivity contribution in [2.75, 3.05) is 25.6 Å². The van der Waals surface area contributed by atoms with Crippen molar-refractivity contribution in [3.63, 3.8) is 0 Å². The van der Waals surface area contributed by atoms with Gasteiger partial charge >= 0.3 is 17.7 Å². The predicted octanol–water partition coefficient (Wildman–Crippen LogP) is 2.94. The second kappa shape index (κ2) is 8.24. The van der Waals surface area contributed by atoms with Crippen molar-refractivity contribution in [3.05, 3.63) is 11.6 Å². The minimum absolute atomic E-state index is 0.177. The predicted molar refractivity (Wildman–Crippen MR) is 85.6 cm³/mol. The number of hydrogen-bond donors (Lipinski definition) is 0. The van der Waals surface area contributed by atoms with Crippen molar-refractivity contribution in [1.82, 2.24) is 0 Å². The van der Waals surface area contributed by atoms with Crippen LogP contribution >= 0.6 is 7.60 Å². The number of nitrogens with zero attached hydrogens (tertiary/aromatic N) is 1. The van der Waals surface area contributed by atoms with Crippen molar-refractivity contribution in [2.45, 2.75) is 33.6 Å². The van der Waals surface area contributed by atoms with Gasteiger partial charge in [0.05, 0.1) is 31.3 Å². The standard InChI is InChI=1S/C13H24NO6PS/c1-5-18-21(15,19-6-2)10-12-7-11(3)8-13(9-12)14-20-22(4,16)17/h9,11H,5-8,10H2,1-4H3/b14-13-. The van der Waals surface area contributed by atoms with Gasteiger partial charge in [0.15, 0.2) is 0 Å². The van der Waals surface area contributed by atoms with E-state index in [1.165, 1.54) is 0 Å². The fourth-order valence-electron chi connectivity index (χ4n) is 2.29. The second-order valence-electron chi connectivity index (χ2n) is 5.28. The van der Waals surface area contributed by atoms with Gasteiger partial charge < -0.3 is 9.05 Å². The van der Waals surface area contributed by atoms with Crippen molar-refractivity contribution in [1.29, 1.82) is 0 Å². The van der Waals surface area contributed by atoms with E-state index in [9.17, 15) is 13.0 Å². The minimum Gasteiger partial charge on any atom is -0.309 e. The molecular formula is C13H24NO6PS. The molecule has 0 aliphatic heterocycles. The van der Waals surface area contributed by atoms with E-state index in [0.29, 0.717) is 25.3 Å². The van der Waals surface area contributed by atoms with Crippen molar-refractivity contribution in [3.8, 4) is 0 Å². The molecule has 1 aliphatic rings. The van der Waals surface area contributed by atoms with Crippen LogP contribution in [0.1, 0.15) is 33.6 Å². The van der Waals surface area contributed by atoms with Gasteiger partial charge in [0, 0.05) is 0 Å². The molecule has 0 saturated heterocycles. The van der Waals surface area contributed by atoms with Gasteiger partial charge in [0.2, 0.25) is 0 Å². The van der Waals surface area contributed by atoms with E-state index in [0.717, 1.165) is 18.2 Å². The van der Waals surface area contributed by atoms with Crippen molar-refractivity contribution < 1.29 is 26.3 Å². The average Bonchev–Trinajstić information content (AvgIpc) is 2.35. The van der Waals surface area contributed by atoms with Gasteiger partial charge in [-0.25, -0.2) is 0 Å². The summed E-state index contributed by atoms with van der Waals surface area (Å²) < 4.78 is 49.6. The highest BCUT2D eigenvalue weighted by Crippen LogP contribution is 2.50. The first-order valence-corrected chi connectivity index (χ1v) is 10.7. The lowest BCUT2D eigenvalue weighted by molar-refractivity contribution is 0.221. The molecule has 0 amide bonds. The number of allylic oxidation sites excluding steroid dienone is 2. The Balaban J connectivity index is 2.91. The summed E-state index contributed by atoms with van der Waals surface area (Å²) >= 11 is 0. The maximum absolute atomic E-state index is 12.6. The smallest absolute Gasteiger partial charge is 0.309 e. The summed E-state index contributed by atoms with van der Waals surface area (Å²) in [5, 5.41) is 3.66. The molecule has 1 aliphatic carbocycles. The van der Waals surface area contributed by atoms with Gasteiger partial charge in [-0.3, -0.25) is 8.85 Å². The van der Waals surface area contributed by atoms with Crippen LogP contribution < -0.4 is 0 Å². The Bertz CT molecular complexity index is 573. The van der Waals surface area contributed by atoms with Crippen LogP contribution in [0.5, 0.6) is 0 Å². The Morgan fingerprint density at radius 2 is 1.86 bits per heavy atom. The molecule has 0 aromatic heterocycles. The highest BCUT2D eigenvalue weighted by molar-refractivity contribution is 7.85. The topological polar surface area (TPSA) is 91.3 Å². The molecule has 0 aromatic rings. The third-order valence-electron chi connectivity index (χ3n) is 2.88. The highest BCUT2D eigenvalue weighted by atomic mass is 32.2. The summed E-state index contributed by atoms with van der Waals surface area (Å²) in [7, 11) is -6.81. The summed E-state index contributed by atoms with van der Waals surface area (Å²) in [6.07, 6.45) is 4.17. The monoisotopic (exact) mass is 353 g/mol. The lowest BCUT2D eigenvalue weighted by Gasteiger charge is -2.23. The van der Waals surface area contributed by atoms with Gasteiger partial charge in [-0.1, -0.05) is 17.7 Å². The minimum atomic E-state index is -3.63. The van der Waals surface area contributed by atoms with Crippen molar-refractivity contribution >= 4 is 23.4 Å². The zero-order valence-corrected chi connectivity index (χ0v) is 15.2. The Labute approximate surface area is 132 Å². The molecule has 0 aromatic carbocycles. The third kappa shape index (κ3) is 7.05. The maximum Gasteiger partial charge on any atom is 0.334 e. The summed E-state index contributed by atoms with van der Waals surface area (Å²) in [6, 6.07) is 0. The van der Waals surface area contributed by atoms with Crippen molar-refractivity contribution in [2.24, 2.45) is 11.1 Å². The number of rotatable bonds is 8. The second-order valence-corrected chi connectivity index (χ2v) is 8.89. The quantitative estimate of drug-likeness (QED) is 0.492. The normalized spacial score (nSPS) is 21.7. The van der Waals surface area contributed by atoms with E-state index in [1.54, 1.807) is 19.9 Å². The molecule has 0 fully saturated rings. The molecule has 128 valence electrons. The molecule has 0 spiro atoms. The SMILES string of the molecule is CCOP(=O)(CC1=C/C(=N\OS(C)(=O)=O)CC(C)C1)OCC. The number of hydrogen-bond acceptors (Lipinski definition) is 7. The molecule has 1 rings (SSSR count). The lowest BCUT2D eigenvalue weighted by Crippen LogP contribution is -2.15. The highest BCUT2D eigenvalue weighted by Gasteiger charge is 2.28. The molecule has 0 radical (unpaired) electrons. The zero-order valence-electron chi connectivity index (χ0n) is 13.4. The van der Waals surface area contributed by atoms with E-state index in [4.69, 9.17) is 9.05 Å². The molecule has 7 nitrogen and oxygen atoms in total. The van der Waals surface area contributed by atoms with Crippen LogP contribution in [-0.4, -0.2) is 39.8 Å². The summed E-state index contributed by atoms with van der Waals surface area (Å²) in [5.41, 5.74) is 1.37. The molecule has 0 N–H and O–H groups in total. The molecule has 0 saturated carbocycles. The molecule has 1 unspecified atom stereocenters. The van der Waals surface area contributed by atoms with Crippen LogP contribution in [-0.2, 0) is 28.0 Å². The molecular weight excluding hydrogens is 329 g/mol. The summed E-state index contributed by atoms with van der Waals surface area (Å²) in [5.74, 6) is 0.249. The average molecular weight is 353 g/mol. The van der Waals surface area contributed by atoms with Gasteiger partial charge in [-0.15, -0.1) is 0 Å². The fourth-order valence-corrected chi connectivity index (χ4v) is 4.28. The molecule has 9 heteroatoms. The lowest BCUT2D eigenvalue weighted by atomic mass is 9.90. The van der Waals surface area contributed by atoms with Crippen LogP contribution in [0.4, 0.5) is 0 Å². The largest absolute Gasteiger partial charge is 0.334 e. The first kappa shape index (κ1) is 19.4. The van der Waals surface area contributed by atoms with Crippen LogP contribution in [0.25, 0.3) is 0 Å². The van der Waals surface area contributed by atoms with Crippen LogP contribution in [0, 0.1) is 5.92 Å². The molecule has 22 heavy (non-hydrogen) atoms. The van der Waals surface area contributed by atoms with Gasteiger partial charge in [-0.05, 0) is 38.7 Å². The Kier molecular flexibility index (Phi) is 7.25. The van der Waals surface area contributed by atoms with Gasteiger partial charge in [0.1, 0.15) is 0 Å². The van der Waals surface area contributed by atoms with Crippen LogP contribution in [0.15, 0.2) is 16.8 Å². The van der Waals surface area contributed by atoms with Gasteiger partial charge in [-0.2, -0.15) is 8.42 Å². The molecule has 0 bridgehead atoms. The van der Waals surface area contributed by atoms with E-state index in [-0.39, 0.29) is 12.1 Å². The first-order chi connectivity index (χ1) is 10.2. The van der Waals surface area contributed by atoms with E-state index in [2.05, 4.69) is 9.44 Å². The molecule has 0 heterocycles. The van der Waals surface area contributed by atoms with E-state index in [1.807, 2.05) is 6.92 Å². The molecule has 1 atom stereocenters. The summed E-state index contributed by atoms with van der Waals surface area (Å²) in [6.45, 7) is 6.14. The number of oxime groups is 1. The van der Waals surface area contributed by atoms with Crippen LogP contribution in [0.3, 0.4) is 0 Å². The Morgan fingerprint density at radius 1 is 1.27 bits per heavy atom. The van der Waals surface area contributed by atoms with E-state index < -0.39 is 17.7 Å². The summed E-state index contributed by atoms with van der Waals surface area (Å²) in [4.78, 5) is 0. The first-order valence-electron chi connectivity index (χ1n) is 7.20. The van der Waals surface area contributed by atoms with Gasteiger partial charge in [0.25, 0.3) is 0 Å². The van der Waals surface area contributed by atoms with Crippen LogP contribution in [0.2, 0.25) is 0 Å². The zero-order chi connectivity index (χ0) is 16.8. The van der Waals surface area contributed by atoms with E-state index >= 15 is 0 Å². The Hall–Kier alpha value is -0.690. The third-order valence-corrected chi connectivity index (χ3v) is 5.32. The Morgan fingerprint density at radius 3 is 2.36 bits per heavy atom. The fraction of sp³-hybridized carbons (Fsp3) is 0.769.